The van der Waals surface area contributed by atoms with Crippen LogP contribution in [0.5, 0.6) is 0 Å². The predicted molar refractivity (Wildman–Crippen MR) is 92.0 cm³/mol. The van der Waals surface area contributed by atoms with E-state index in [2.05, 4.69) is 0 Å². The molecule has 24 heavy (non-hydrogen) atoms. The Balaban J connectivity index is 1.80. The number of hydrogen-bond acceptors (Lipinski definition) is 2. The number of carbonyl (C=O) groups is 2. The quantitative estimate of drug-likeness (QED) is 0.803. The van der Waals surface area contributed by atoms with Gasteiger partial charge < -0.3 is 9.80 Å². The number of carbonyl (C=O) groups excluding carboxylic acids is 2. The third-order valence-electron chi connectivity index (χ3n) is 4.84. The van der Waals surface area contributed by atoms with Crippen LogP contribution in [-0.4, -0.2) is 47.8 Å². The van der Waals surface area contributed by atoms with Gasteiger partial charge in [-0.2, -0.15) is 0 Å². The molecular formula is C19H27FN2O2. The topological polar surface area (TPSA) is 40.6 Å². The van der Waals surface area contributed by atoms with Crippen molar-refractivity contribution in [3.8, 4) is 0 Å². The molecule has 1 aliphatic rings. The highest BCUT2D eigenvalue weighted by Gasteiger charge is 2.27. The van der Waals surface area contributed by atoms with Crippen molar-refractivity contribution in [2.75, 3.05) is 26.2 Å². The lowest BCUT2D eigenvalue weighted by Gasteiger charge is -2.36. The summed E-state index contributed by atoms with van der Waals surface area (Å²) in [5, 5.41) is 0. The molecular weight excluding hydrogens is 307 g/mol. The van der Waals surface area contributed by atoms with Gasteiger partial charge in [0, 0.05) is 38.5 Å². The molecule has 1 aromatic rings. The minimum Gasteiger partial charge on any atom is -0.339 e. The summed E-state index contributed by atoms with van der Waals surface area (Å²) in [5.41, 5.74) is 0.577. The fourth-order valence-electron chi connectivity index (χ4n) is 3.17. The van der Waals surface area contributed by atoms with Crippen molar-refractivity contribution in [3.63, 3.8) is 0 Å². The molecule has 0 atom stereocenters. The first-order valence-corrected chi connectivity index (χ1v) is 8.86. The Bertz CT molecular complexity index is 564. The van der Waals surface area contributed by atoms with Crippen LogP contribution >= 0.6 is 0 Å². The molecule has 1 heterocycles. The SMILES string of the molecule is CCC(CC)C(=O)N1CCN(C(=O)CCc2ccccc2F)CC1. The zero-order chi connectivity index (χ0) is 17.5. The number of hydrogen-bond donors (Lipinski definition) is 0. The number of nitrogens with zero attached hydrogens (tertiary/aromatic N) is 2. The van der Waals surface area contributed by atoms with E-state index in [-0.39, 0.29) is 23.5 Å². The van der Waals surface area contributed by atoms with Crippen LogP contribution < -0.4 is 0 Å². The molecule has 0 N–H and O–H groups in total. The molecule has 1 aliphatic heterocycles. The van der Waals surface area contributed by atoms with Gasteiger partial charge in [-0.3, -0.25) is 9.59 Å². The molecule has 0 spiro atoms. The van der Waals surface area contributed by atoms with Crippen LogP contribution in [0.15, 0.2) is 24.3 Å². The van der Waals surface area contributed by atoms with Crippen molar-refractivity contribution >= 4 is 11.8 Å². The molecule has 2 amide bonds. The molecule has 0 aliphatic carbocycles. The summed E-state index contributed by atoms with van der Waals surface area (Å²) in [5.74, 6) is 0.0746. The molecule has 2 rings (SSSR count). The minimum absolute atomic E-state index is 0.0351. The molecule has 0 radical (unpaired) electrons. The van der Waals surface area contributed by atoms with E-state index in [4.69, 9.17) is 0 Å². The van der Waals surface area contributed by atoms with Crippen molar-refractivity contribution in [2.45, 2.75) is 39.5 Å². The number of rotatable bonds is 6. The van der Waals surface area contributed by atoms with Crippen LogP contribution in [-0.2, 0) is 16.0 Å². The van der Waals surface area contributed by atoms with E-state index < -0.39 is 0 Å². The Hall–Kier alpha value is -1.91. The van der Waals surface area contributed by atoms with Crippen LogP contribution in [0, 0.1) is 11.7 Å². The van der Waals surface area contributed by atoms with Gasteiger partial charge in [0.05, 0.1) is 0 Å². The zero-order valence-corrected chi connectivity index (χ0v) is 14.6. The van der Waals surface area contributed by atoms with Gasteiger partial charge in [-0.05, 0) is 30.9 Å². The summed E-state index contributed by atoms with van der Waals surface area (Å²) in [6.45, 7) is 6.41. The second-order valence-electron chi connectivity index (χ2n) is 6.31. The summed E-state index contributed by atoms with van der Waals surface area (Å²) in [7, 11) is 0. The van der Waals surface area contributed by atoms with Gasteiger partial charge in [-0.1, -0.05) is 32.0 Å². The smallest absolute Gasteiger partial charge is 0.225 e. The van der Waals surface area contributed by atoms with E-state index >= 15 is 0 Å². The fourth-order valence-corrected chi connectivity index (χ4v) is 3.17. The third-order valence-corrected chi connectivity index (χ3v) is 4.84. The highest BCUT2D eigenvalue weighted by molar-refractivity contribution is 5.80. The number of benzene rings is 1. The second-order valence-corrected chi connectivity index (χ2v) is 6.31. The molecule has 0 saturated carbocycles. The van der Waals surface area contributed by atoms with Crippen LogP contribution in [0.25, 0.3) is 0 Å². The number of amides is 2. The summed E-state index contributed by atoms with van der Waals surface area (Å²) < 4.78 is 13.6. The van der Waals surface area contributed by atoms with Gasteiger partial charge in [-0.15, -0.1) is 0 Å². The first-order valence-electron chi connectivity index (χ1n) is 8.86. The maximum Gasteiger partial charge on any atom is 0.225 e. The Morgan fingerprint density at radius 2 is 1.62 bits per heavy atom. The zero-order valence-electron chi connectivity index (χ0n) is 14.6. The Labute approximate surface area is 143 Å². The first-order chi connectivity index (χ1) is 11.6. The van der Waals surface area contributed by atoms with Crippen molar-refractivity contribution in [1.29, 1.82) is 0 Å². The molecule has 5 heteroatoms. The maximum absolute atomic E-state index is 13.6. The van der Waals surface area contributed by atoms with Gasteiger partial charge >= 0.3 is 0 Å². The summed E-state index contributed by atoms with van der Waals surface area (Å²) in [6, 6.07) is 6.57. The average molecular weight is 334 g/mol. The second kappa shape index (κ2) is 8.81. The van der Waals surface area contributed by atoms with Crippen LogP contribution in [0.1, 0.15) is 38.7 Å². The molecule has 0 unspecified atom stereocenters. The van der Waals surface area contributed by atoms with Gasteiger partial charge in [0.15, 0.2) is 0 Å². The van der Waals surface area contributed by atoms with Crippen molar-refractivity contribution in [2.24, 2.45) is 5.92 Å². The van der Waals surface area contributed by atoms with Crippen molar-refractivity contribution in [3.05, 3.63) is 35.6 Å². The Kier molecular flexibility index (Phi) is 6.76. The normalized spacial score (nSPS) is 15.0. The molecule has 4 nitrogen and oxygen atoms in total. The van der Waals surface area contributed by atoms with Gasteiger partial charge in [0.25, 0.3) is 0 Å². The number of aryl methyl sites for hydroxylation is 1. The highest BCUT2D eigenvalue weighted by Crippen LogP contribution is 2.15. The Morgan fingerprint density at radius 3 is 2.21 bits per heavy atom. The van der Waals surface area contributed by atoms with Crippen LogP contribution in [0.2, 0.25) is 0 Å². The maximum atomic E-state index is 13.6. The van der Waals surface area contributed by atoms with E-state index in [1.54, 1.807) is 23.1 Å². The number of halogens is 1. The van der Waals surface area contributed by atoms with Gasteiger partial charge in [0.1, 0.15) is 5.82 Å². The third kappa shape index (κ3) is 4.56. The molecule has 0 aromatic heterocycles. The number of piperazine rings is 1. The molecule has 132 valence electrons. The van der Waals surface area contributed by atoms with Gasteiger partial charge in [0.2, 0.25) is 11.8 Å². The molecule has 1 saturated heterocycles. The lowest BCUT2D eigenvalue weighted by Crippen LogP contribution is -2.51. The van der Waals surface area contributed by atoms with Crippen LogP contribution in [0.4, 0.5) is 4.39 Å². The fraction of sp³-hybridized carbons (Fsp3) is 0.579. The summed E-state index contributed by atoms with van der Waals surface area (Å²) in [6.07, 6.45) is 2.44. The summed E-state index contributed by atoms with van der Waals surface area (Å²) >= 11 is 0. The van der Waals surface area contributed by atoms with E-state index in [1.807, 2.05) is 18.7 Å². The van der Waals surface area contributed by atoms with Crippen LogP contribution in [0.3, 0.4) is 0 Å². The molecule has 1 aromatic carbocycles. The first kappa shape index (κ1) is 18.4. The summed E-state index contributed by atoms with van der Waals surface area (Å²) in [4.78, 5) is 28.3. The van der Waals surface area contributed by atoms with E-state index in [9.17, 15) is 14.0 Å². The lowest BCUT2D eigenvalue weighted by atomic mass is 10.0. The van der Waals surface area contributed by atoms with E-state index in [0.717, 1.165) is 12.8 Å². The van der Waals surface area contributed by atoms with Gasteiger partial charge in [-0.25, -0.2) is 4.39 Å². The largest absolute Gasteiger partial charge is 0.339 e. The lowest BCUT2D eigenvalue weighted by molar-refractivity contribution is -0.142. The van der Waals surface area contributed by atoms with E-state index in [0.29, 0.717) is 44.6 Å². The highest BCUT2D eigenvalue weighted by atomic mass is 19.1. The van der Waals surface area contributed by atoms with Crippen molar-refractivity contribution < 1.29 is 14.0 Å². The average Bonchev–Trinajstić information content (AvgIpc) is 2.62. The molecule has 1 fully saturated rings. The predicted octanol–water partition coefficient (Wildman–Crippen LogP) is 2.87. The monoisotopic (exact) mass is 334 g/mol. The molecule has 0 bridgehead atoms. The van der Waals surface area contributed by atoms with Crippen molar-refractivity contribution in [1.82, 2.24) is 9.80 Å². The Morgan fingerprint density at radius 1 is 1.04 bits per heavy atom. The minimum atomic E-state index is -0.258. The standard InChI is InChI=1S/C19H27FN2O2/c1-3-15(4-2)19(24)22-13-11-21(12-14-22)18(23)10-9-16-7-5-6-8-17(16)20/h5-8,15H,3-4,9-14H2,1-2H3. The van der Waals surface area contributed by atoms with E-state index in [1.165, 1.54) is 6.07 Å².